The van der Waals surface area contributed by atoms with Crippen LogP contribution in [0.1, 0.15) is 43.3 Å². The number of hydrogen-bond donors (Lipinski definition) is 2. The minimum absolute atomic E-state index is 0.0338. The lowest BCUT2D eigenvalue weighted by molar-refractivity contribution is -0.143. The van der Waals surface area contributed by atoms with Crippen LogP contribution in [0.15, 0.2) is 0 Å². The van der Waals surface area contributed by atoms with E-state index >= 15 is 0 Å². The van der Waals surface area contributed by atoms with Crippen LogP contribution in [-0.4, -0.2) is 26.4 Å². The molecule has 0 spiro atoms. The Labute approximate surface area is 102 Å². The summed E-state index contributed by atoms with van der Waals surface area (Å²) in [5.74, 6) is -0.984. The van der Waals surface area contributed by atoms with Gasteiger partial charge in [0, 0.05) is 5.69 Å². The summed E-state index contributed by atoms with van der Waals surface area (Å²) in [5, 5.41) is 13.4. The third kappa shape index (κ3) is 2.66. The van der Waals surface area contributed by atoms with E-state index in [0.29, 0.717) is 6.42 Å². The molecule has 0 bridgehead atoms. The first-order chi connectivity index (χ1) is 7.66. The maximum absolute atomic E-state index is 11.0. The van der Waals surface area contributed by atoms with Crippen molar-refractivity contribution >= 4 is 5.97 Å². The third-order valence-corrected chi connectivity index (χ3v) is 3.31. The highest BCUT2D eigenvalue weighted by Gasteiger charge is 2.31. The van der Waals surface area contributed by atoms with E-state index in [4.69, 9.17) is 10.8 Å². The molecule has 5 nitrogen and oxygen atoms in total. The summed E-state index contributed by atoms with van der Waals surface area (Å²) in [7, 11) is 0. The second kappa shape index (κ2) is 4.49. The molecule has 0 aromatic carbocycles. The monoisotopic (exact) mass is 239 g/mol. The number of aryl methyl sites for hydroxylation is 1. The van der Waals surface area contributed by atoms with Crippen LogP contribution in [0.3, 0.4) is 0 Å². The van der Waals surface area contributed by atoms with Gasteiger partial charge in [-0.25, -0.2) is 0 Å². The molecule has 3 N–H and O–H groups in total. The largest absolute Gasteiger partial charge is 0.480 e. The summed E-state index contributed by atoms with van der Waals surface area (Å²) >= 11 is 0. The predicted molar refractivity (Wildman–Crippen MR) is 66.0 cm³/mol. The molecule has 5 heteroatoms. The van der Waals surface area contributed by atoms with Gasteiger partial charge < -0.3 is 10.8 Å². The Hall–Kier alpha value is -1.36. The average Bonchev–Trinajstić information content (AvgIpc) is 2.45. The first-order valence-corrected chi connectivity index (χ1v) is 5.71. The predicted octanol–water partition coefficient (Wildman–Crippen LogP) is 1.56. The average molecular weight is 239 g/mol. The number of nitrogens with zero attached hydrogens (tertiary/aromatic N) is 2. The highest BCUT2D eigenvalue weighted by Crippen LogP contribution is 2.22. The van der Waals surface area contributed by atoms with Crippen molar-refractivity contribution in [3.63, 3.8) is 0 Å². The van der Waals surface area contributed by atoms with Gasteiger partial charge in [-0.05, 0) is 46.6 Å². The Morgan fingerprint density at radius 2 is 2.06 bits per heavy atom. The lowest BCUT2D eigenvalue weighted by atomic mass is 9.95. The molecule has 1 aromatic heterocycles. The van der Waals surface area contributed by atoms with E-state index in [1.165, 1.54) is 6.92 Å². The summed E-state index contributed by atoms with van der Waals surface area (Å²) in [5.41, 5.74) is 7.72. The lowest BCUT2D eigenvalue weighted by Gasteiger charge is -2.24. The maximum Gasteiger partial charge on any atom is 0.323 e. The summed E-state index contributed by atoms with van der Waals surface area (Å²) in [6, 6.07) is -0.0338. The highest BCUT2D eigenvalue weighted by molar-refractivity contribution is 5.77. The molecular formula is C12H21N3O2. The Morgan fingerprint density at radius 1 is 1.53 bits per heavy atom. The smallest absolute Gasteiger partial charge is 0.323 e. The Kier molecular flexibility index (Phi) is 3.62. The molecule has 2 atom stereocenters. The lowest BCUT2D eigenvalue weighted by Crippen LogP contribution is -2.46. The van der Waals surface area contributed by atoms with E-state index in [-0.39, 0.29) is 6.04 Å². The molecule has 2 unspecified atom stereocenters. The number of carboxylic acid groups (broad SMARTS) is 1. The highest BCUT2D eigenvalue weighted by atomic mass is 16.4. The van der Waals surface area contributed by atoms with Gasteiger partial charge in [0.05, 0.1) is 11.7 Å². The van der Waals surface area contributed by atoms with Crippen LogP contribution in [0.4, 0.5) is 0 Å². The summed E-state index contributed by atoms with van der Waals surface area (Å²) in [6.07, 6.45) is 0.351. The number of hydrogen-bond acceptors (Lipinski definition) is 3. The van der Waals surface area contributed by atoms with E-state index in [0.717, 1.165) is 17.0 Å². The molecule has 0 aliphatic rings. The molecule has 17 heavy (non-hydrogen) atoms. The molecule has 0 aliphatic heterocycles. The van der Waals surface area contributed by atoms with Crippen molar-refractivity contribution in [3.8, 4) is 0 Å². The Bertz CT molecular complexity index is 435. The van der Waals surface area contributed by atoms with Crippen LogP contribution in [0.5, 0.6) is 0 Å². The molecule has 96 valence electrons. The number of aliphatic carboxylic acids is 1. The van der Waals surface area contributed by atoms with E-state index in [9.17, 15) is 4.79 Å². The molecule has 0 saturated heterocycles. The van der Waals surface area contributed by atoms with Crippen LogP contribution in [0.2, 0.25) is 0 Å². The minimum atomic E-state index is -1.22. The van der Waals surface area contributed by atoms with Gasteiger partial charge in [-0.15, -0.1) is 0 Å². The van der Waals surface area contributed by atoms with Gasteiger partial charge in [0.2, 0.25) is 0 Å². The molecule has 0 aliphatic carbocycles. The van der Waals surface area contributed by atoms with Crippen molar-refractivity contribution in [2.24, 2.45) is 5.73 Å². The fourth-order valence-electron chi connectivity index (χ4n) is 1.96. The van der Waals surface area contributed by atoms with E-state index in [2.05, 4.69) is 5.10 Å². The van der Waals surface area contributed by atoms with Gasteiger partial charge in [0.1, 0.15) is 5.54 Å². The van der Waals surface area contributed by atoms with Crippen molar-refractivity contribution in [3.05, 3.63) is 17.0 Å². The number of carboxylic acids is 1. The second-order valence-electron chi connectivity index (χ2n) is 5.02. The number of aromatic nitrogens is 2. The van der Waals surface area contributed by atoms with Gasteiger partial charge in [-0.3, -0.25) is 9.48 Å². The minimum Gasteiger partial charge on any atom is -0.480 e. The summed E-state index contributed by atoms with van der Waals surface area (Å²) < 4.78 is 1.86. The van der Waals surface area contributed by atoms with Gasteiger partial charge in [0.15, 0.2) is 0 Å². The van der Waals surface area contributed by atoms with Crippen molar-refractivity contribution in [1.82, 2.24) is 9.78 Å². The quantitative estimate of drug-likeness (QED) is 0.835. The van der Waals surface area contributed by atoms with Crippen LogP contribution in [0.25, 0.3) is 0 Å². The van der Waals surface area contributed by atoms with Crippen molar-refractivity contribution in [2.75, 3.05) is 0 Å². The Balaban J connectivity index is 2.94. The van der Waals surface area contributed by atoms with E-state index in [1.807, 2.05) is 32.4 Å². The Morgan fingerprint density at radius 3 is 2.41 bits per heavy atom. The topological polar surface area (TPSA) is 81.1 Å². The number of rotatable bonds is 4. The first kappa shape index (κ1) is 13.7. The zero-order valence-corrected chi connectivity index (χ0v) is 11.1. The summed E-state index contributed by atoms with van der Waals surface area (Å²) in [4.78, 5) is 11.0. The normalized spacial score (nSPS) is 16.6. The van der Waals surface area contributed by atoms with Crippen LogP contribution >= 0.6 is 0 Å². The standard InChI is InChI=1S/C12H21N3O2/c1-7(6-12(5,13)11(16)17)15-10(4)8(2)9(3)14-15/h7H,6,13H2,1-5H3,(H,16,17). The number of carbonyl (C=O) groups is 1. The number of nitrogens with two attached hydrogens (primary N) is 1. The molecule has 1 aromatic rings. The van der Waals surface area contributed by atoms with Crippen LogP contribution in [-0.2, 0) is 4.79 Å². The SMILES string of the molecule is Cc1nn(C(C)CC(C)(N)C(=O)O)c(C)c1C. The van der Waals surface area contributed by atoms with Crippen molar-refractivity contribution in [2.45, 2.75) is 52.6 Å². The van der Waals surface area contributed by atoms with Crippen LogP contribution in [0, 0.1) is 20.8 Å². The van der Waals surface area contributed by atoms with Crippen LogP contribution < -0.4 is 5.73 Å². The third-order valence-electron chi connectivity index (χ3n) is 3.31. The molecule has 0 amide bonds. The van der Waals surface area contributed by atoms with Crippen molar-refractivity contribution in [1.29, 1.82) is 0 Å². The van der Waals surface area contributed by atoms with E-state index in [1.54, 1.807) is 0 Å². The fraction of sp³-hybridized carbons (Fsp3) is 0.667. The zero-order chi connectivity index (χ0) is 13.4. The molecule has 0 fully saturated rings. The second-order valence-corrected chi connectivity index (χ2v) is 5.02. The van der Waals surface area contributed by atoms with Gasteiger partial charge in [-0.2, -0.15) is 5.10 Å². The maximum atomic E-state index is 11.0. The van der Waals surface area contributed by atoms with Gasteiger partial charge >= 0.3 is 5.97 Å². The van der Waals surface area contributed by atoms with Crippen molar-refractivity contribution < 1.29 is 9.90 Å². The fourth-order valence-corrected chi connectivity index (χ4v) is 1.96. The zero-order valence-electron chi connectivity index (χ0n) is 11.1. The molecule has 1 heterocycles. The molecule has 1 rings (SSSR count). The van der Waals surface area contributed by atoms with Gasteiger partial charge in [0.25, 0.3) is 0 Å². The summed E-state index contributed by atoms with van der Waals surface area (Å²) in [6.45, 7) is 9.42. The van der Waals surface area contributed by atoms with Gasteiger partial charge in [-0.1, -0.05) is 0 Å². The van der Waals surface area contributed by atoms with E-state index < -0.39 is 11.5 Å². The molecule has 0 saturated carbocycles. The first-order valence-electron chi connectivity index (χ1n) is 5.71. The molecular weight excluding hydrogens is 218 g/mol. The molecule has 0 radical (unpaired) electrons.